The predicted molar refractivity (Wildman–Crippen MR) is 82.0 cm³/mol. The van der Waals surface area contributed by atoms with Crippen molar-refractivity contribution in [1.82, 2.24) is 4.72 Å². The normalized spacial score (nSPS) is 22.1. The molecule has 0 saturated heterocycles. The first-order valence-electron chi connectivity index (χ1n) is 7.01. The van der Waals surface area contributed by atoms with Crippen molar-refractivity contribution in [3.8, 4) is 0 Å². The number of nitrogens with one attached hydrogen (secondary N) is 1. The molecule has 1 heterocycles. The Kier molecular flexibility index (Phi) is 4.75. The van der Waals surface area contributed by atoms with Crippen molar-refractivity contribution >= 4 is 27.3 Å². The van der Waals surface area contributed by atoms with Crippen molar-refractivity contribution in [2.75, 3.05) is 0 Å². The van der Waals surface area contributed by atoms with Crippen LogP contribution in [0.3, 0.4) is 0 Å². The van der Waals surface area contributed by atoms with E-state index in [2.05, 4.69) is 18.6 Å². The van der Waals surface area contributed by atoms with Crippen LogP contribution in [0.1, 0.15) is 44.4 Å². The first-order chi connectivity index (χ1) is 9.68. The van der Waals surface area contributed by atoms with E-state index in [1.165, 1.54) is 6.07 Å². The quantitative estimate of drug-likeness (QED) is 0.869. The van der Waals surface area contributed by atoms with Crippen LogP contribution in [0.15, 0.2) is 16.3 Å². The molecule has 0 amide bonds. The first-order valence-corrected chi connectivity index (χ1v) is 9.31. The molecule has 1 atom stereocenters. The molecule has 21 heavy (non-hydrogen) atoms. The lowest BCUT2D eigenvalue weighted by Gasteiger charge is -2.35. The molecule has 1 saturated carbocycles. The van der Waals surface area contributed by atoms with Crippen LogP contribution in [0.5, 0.6) is 0 Å². The van der Waals surface area contributed by atoms with Gasteiger partial charge in [-0.3, -0.25) is 4.79 Å². The largest absolute Gasteiger partial charge is 0.481 e. The van der Waals surface area contributed by atoms with E-state index in [1.807, 2.05) is 0 Å². The zero-order chi connectivity index (χ0) is 15.7. The molecule has 1 aliphatic rings. The van der Waals surface area contributed by atoms with E-state index in [9.17, 15) is 13.2 Å². The molecule has 1 aromatic heterocycles. The maximum absolute atomic E-state index is 12.4. The fraction of sp³-hybridized carbons (Fsp3) is 0.643. The molecule has 0 spiro atoms. The van der Waals surface area contributed by atoms with Gasteiger partial charge < -0.3 is 5.11 Å². The fourth-order valence-corrected chi connectivity index (χ4v) is 5.46. The van der Waals surface area contributed by atoms with Crippen LogP contribution in [-0.4, -0.2) is 25.5 Å². The molecule has 2 rings (SSSR count). The summed E-state index contributed by atoms with van der Waals surface area (Å²) in [6.07, 6.45) is 3.69. The van der Waals surface area contributed by atoms with Gasteiger partial charge in [-0.25, -0.2) is 13.1 Å². The minimum Gasteiger partial charge on any atom is -0.481 e. The second-order valence-corrected chi connectivity index (χ2v) is 9.48. The van der Waals surface area contributed by atoms with Gasteiger partial charge in [-0.1, -0.05) is 20.3 Å². The van der Waals surface area contributed by atoms with E-state index in [-0.39, 0.29) is 22.1 Å². The summed E-state index contributed by atoms with van der Waals surface area (Å²) in [5.74, 6) is -0.956. The van der Waals surface area contributed by atoms with Crippen molar-refractivity contribution in [3.05, 3.63) is 17.0 Å². The number of carboxylic acids is 1. The molecule has 0 radical (unpaired) electrons. The summed E-state index contributed by atoms with van der Waals surface area (Å²) in [4.78, 5) is 11.2. The molecular weight excluding hydrogens is 310 g/mol. The van der Waals surface area contributed by atoms with Gasteiger partial charge in [-0.2, -0.15) is 0 Å². The molecule has 1 unspecified atom stereocenters. The third-order valence-electron chi connectivity index (χ3n) is 3.75. The van der Waals surface area contributed by atoms with Gasteiger partial charge >= 0.3 is 5.97 Å². The Morgan fingerprint density at radius 2 is 2.19 bits per heavy atom. The molecule has 1 aromatic rings. The van der Waals surface area contributed by atoms with Crippen LogP contribution >= 0.6 is 11.3 Å². The monoisotopic (exact) mass is 331 g/mol. The summed E-state index contributed by atoms with van der Waals surface area (Å²) in [6.45, 7) is 4.31. The van der Waals surface area contributed by atoms with Gasteiger partial charge in [0.25, 0.3) is 0 Å². The Balaban J connectivity index is 2.07. The van der Waals surface area contributed by atoms with Gasteiger partial charge in [-0.15, -0.1) is 11.3 Å². The molecule has 7 heteroatoms. The van der Waals surface area contributed by atoms with E-state index in [0.29, 0.717) is 4.88 Å². The van der Waals surface area contributed by atoms with Crippen molar-refractivity contribution in [2.45, 2.75) is 56.2 Å². The SMILES string of the molecule is CC1(C)CCCC(NS(=O)(=O)c2ccc(CC(=O)O)s2)C1. The minimum absolute atomic E-state index is 0.0382. The lowest BCUT2D eigenvalue weighted by atomic mass is 9.75. The lowest BCUT2D eigenvalue weighted by Crippen LogP contribution is -2.40. The fourth-order valence-electron chi connectivity index (χ4n) is 2.82. The van der Waals surface area contributed by atoms with E-state index in [4.69, 9.17) is 5.11 Å². The van der Waals surface area contributed by atoms with Crippen molar-refractivity contribution < 1.29 is 18.3 Å². The zero-order valence-corrected chi connectivity index (χ0v) is 13.9. The van der Waals surface area contributed by atoms with Crippen LogP contribution in [0, 0.1) is 5.41 Å². The Morgan fingerprint density at radius 3 is 2.81 bits per heavy atom. The van der Waals surface area contributed by atoms with Crippen LogP contribution in [0.4, 0.5) is 0 Å². The average Bonchev–Trinajstić information content (AvgIpc) is 2.75. The average molecular weight is 331 g/mol. The summed E-state index contributed by atoms with van der Waals surface area (Å²) < 4.78 is 27.7. The van der Waals surface area contributed by atoms with E-state index in [1.54, 1.807) is 6.07 Å². The summed E-state index contributed by atoms with van der Waals surface area (Å²) >= 11 is 1.03. The number of hydrogen-bond acceptors (Lipinski definition) is 4. The highest BCUT2D eigenvalue weighted by Crippen LogP contribution is 2.36. The highest BCUT2D eigenvalue weighted by atomic mass is 32.2. The van der Waals surface area contributed by atoms with Crippen molar-refractivity contribution in [1.29, 1.82) is 0 Å². The molecule has 0 bridgehead atoms. The highest BCUT2D eigenvalue weighted by Gasteiger charge is 2.31. The molecule has 0 aromatic carbocycles. The zero-order valence-electron chi connectivity index (χ0n) is 12.3. The number of rotatable bonds is 5. The Hall–Kier alpha value is -0.920. The first kappa shape index (κ1) is 16.5. The second kappa shape index (κ2) is 6.06. The Morgan fingerprint density at radius 1 is 1.48 bits per heavy atom. The number of carbonyl (C=O) groups is 1. The molecule has 118 valence electrons. The van der Waals surface area contributed by atoms with Crippen molar-refractivity contribution in [3.63, 3.8) is 0 Å². The van der Waals surface area contributed by atoms with Crippen LogP contribution < -0.4 is 4.72 Å². The van der Waals surface area contributed by atoms with E-state index in [0.717, 1.165) is 37.0 Å². The summed E-state index contributed by atoms with van der Waals surface area (Å²) in [7, 11) is -3.55. The second-order valence-electron chi connectivity index (χ2n) is 6.37. The van der Waals surface area contributed by atoms with Gasteiger partial charge in [0.05, 0.1) is 6.42 Å². The molecular formula is C14H21NO4S2. The standard InChI is InChI=1S/C14H21NO4S2/c1-14(2)7-3-4-10(9-14)15-21(18,19)13-6-5-11(20-13)8-12(16)17/h5-6,10,15H,3-4,7-9H2,1-2H3,(H,16,17). The van der Waals surface area contributed by atoms with Gasteiger partial charge in [-0.05, 0) is 36.8 Å². The van der Waals surface area contributed by atoms with Gasteiger partial charge in [0.2, 0.25) is 10.0 Å². The summed E-state index contributed by atoms with van der Waals surface area (Å²) in [6, 6.07) is 3.01. The topological polar surface area (TPSA) is 83.5 Å². The van der Waals surface area contributed by atoms with Crippen LogP contribution in [-0.2, 0) is 21.2 Å². The third-order valence-corrected chi connectivity index (χ3v) is 6.85. The van der Waals surface area contributed by atoms with Gasteiger partial charge in [0.1, 0.15) is 4.21 Å². The van der Waals surface area contributed by atoms with Crippen LogP contribution in [0.2, 0.25) is 0 Å². The van der Waals surface area contributed by atoms with E-state index < -0.39 is 16.0 Å². The Bertz CT molecular complexity index is 619. The van der Waals surface area contributed by atoms with Gasteiger partial charge in [0, 0.05) is 10.9 Å². The number of aliphatic carboxylic acids is 1. The number of carboxylic acid groups (broad SMARTS) is 1. The lowest BCUT2D eigenvalue weighted by molar-refractivity contribution is -0.136. The third kappa shape index (κ3) is 4.52. The van der Waals surface area contributed by atoms with Gasteiger partial charge in [0.15, 0.2) is 0 Å². The van der Waals surface area contributed by atoms with E-state index >= 15 is 0 Å². The summed E-state index contributed by atoms with van der Waals surface area (Å²) in [5, 5.41) is 8.74. The number of hydrogen-bond donors (Lipinski definition) is 2. The molecule has 0 aliphatic heterocycles. The van der Waals surface area contributed by atoms with Crippen LogP contribution in [0.25, 0.3) is 0 Å². The molecule has 5 nitrogen and oxygen atoms in total. The molecule has 1 fully saturated rings. The molecule has 2 N–H and O–H groups in total. The maximum Gasteiger partial charge on any atom is 0.308 e. The maximum atomic E-state index is 12.4. The number of sulfonamides is 1. The Labute approximate surface area is 129 Å². The number of thiophene rings is 1. The smallest absolute Gasteiger partial charge is 0.308 e. The minimum atomic E-state index is -3.55. The highest BCUT2D eigenvalue weighted by molar-refractivity contribution is 7.91. The predicted octanol–water partition coefficient (Wildman–Crippen LogP) is 2.62. The summed E-state index contributed by atoms with van der Waals surface area (Å²) in [5.41, 5.74) is 0.162. The van der Waals surface area contributed by atoms with Crippen molar-refractivity contribution in [2.24, 2.45) is 5.41 Å². The molecule has 1 aliphatic carbocycles.